The Labute approximate surface area is 307 Å². The largest absolute Gasteiger partial charge is 0.305 e. The molecule has 0 unspecified atom stereocenters. The first-order valence-electron chi connectivity index (χ1n) is 16.5. The third kappa shape index (κ3) is 6.20. The zero-order valence-electron chi connectivity index (χ0n) is 28.2. The van der Waals surface area contributed by atoms with Crippen LogP contribution in [0, 0.1) is 19.1 Å². The molecule has 1 radical (unpaired) electrons. The summed E-state index contributed by atoms with van der Waals surface area (Å²) in [4.78, 5) is 14.3. The number of imidazole rings is 1. The number of hydrogen-bond donors (Lipinski definition) is 0. The average molecular weight is 888 g/mol. The molecule has 4 heterocycles. The SMILES string of the molecule is Cc1nc2ccccc2c2c1nc(-c1[c-]ccc3c1oc1c[c]([Ge]([CH3])([CH3])[CH3])ccc13)n2-c1ccccc1.[Ir].[c-]1ccccc1-c1ccccn1. The monoisotopic (exact) mass is 889 g/mol. The Morgan fingerprint density at radius 1 is 0.700 bits per heavy atom. The summed E-state index contributed by atoms with van der Waals surface area (Å²) in [6.07, 6.45) is 1.79. The van der Waals surface area contributed by atoms with E-state index in [-0.39, 0.29) is 20.1 Å². The minimum atomic E-state index is -2.01. The number of rotatable bonds is 4. The van der Waals surface area contributed by atoms with Crippen molar-refractivity contribution in [3.63, 3.8) is 0 Å². The van der Waals surface area contributed by atoms with Crippen LogP contribution < -0.4 is 4.40 Å². The number of para-hydroxylation sites is 2. The first-order chi connectivity index (χ1) is 23.9. The van der Waals surface area contributed by atoms with Gasteiger partial charge in [-0.2, -0.15) is 0 Å². The molecular weight excluding hydrogens is 853 g/mol. The molecule has 0 saturated carbocycles. The second-order valence-corrected chi connectivity index (χ2v) is 23.8. The summed E-state index contributed by atoms with van der Waals surface area (Å²) in [5, 5.41) is 3.29. The number of fused-ring (bicyclic) bond motifs is 6. The van der Waals surface area contributed by atoms with E-state index in [1.807, 2.05) is 67.6 Å². The van der Waals surface area contributed by atoms with Crippen molar-refractivity contribution in [1.29, 1.82) is 0 Å². The molecule has 0 N–H and O–H groups in total. The smallest absolute Gasteiger partial charge is 0.0160 e. The van der Waals surface area contributed by atoms with Gasteiger partial charge < -0.3 is 4.98 Å². The van der Waals surface area contributed by atoms with Crippen LogP contribution in [-0.4, -0.2) is 32.8 Å². The third-order valence-electron chi connectivity index (χ3n) is 8.85. The van der Waals surface area contributed by atoms with Gasteiger partial charge in [0.05, 0.1) is 0 Å². The predicted molar refractivity (Wildman–Crippen MR) is 204 cm³/mol. The van der Waals surface area contributed by atoms with Crippen molar-refractivity contribution in [1.82, 2.24) is 19.5 Å². The van der Waals surface area contributed by atoms with Gasteiger partial charge in [-0.15, -0.1) is 35.9 Å². The van der Waals surface area contributed by atoms with Crippen molar-refractivity contribution in [3.05, 3.63) is 151 Å². The second-order valence-electron chi connectivity index (χ2n) is 13.2. The van der Waals surface area contributed by atoms with Crippen LogP contribution in [0.3, 0.4) is 0 Å². The fourth-order valence-corrected chi connectivity index (χ4v) is 8.78. The Balaban J connectivity index is 0.000000255. The number of pyridine rings is 2. The molecule has 0 spiro atoms. The molecule has 247 valence electrons. The van der Waals surface area contributed by atoms with Crippen LogP contribution in [0.2, 0.25) is 17.3 Å². The summed E-state index contributed by atoms with van der Waals surface area (Å²) in [6, 6.07) is 49.8. The van der Waals surface area contributed by atoms with Gasteiger partial charge in [-0.25, -0.2) is 0 Å². The molecule has 0 fully saturated rings. The van der Waals surface area contributed by atoms with E-state index >= 15 is 0 Å². The van der Waals surface area contributed by atoms with Gasteiger partial charge >= 0.3 is 212 Å². The second kappa shape index (κ2) is 13.8. The molecule has 9 aromatic rings. The normalized spacial score (nSPS) is 11.4. The summed E-state index contributed by atoms with van der Waals surface area (Å²) < 4.78 is 10.3. The first-order valence-corrected chi connectivity index (χ1v) is 23.8. The summed E-state index contributed by atoms with van der Waals surface area (Å²) in [7, 11) is 0. The summed E-state index contributed by atoms with van der Waals surface area (Å²) >= 11 is -2.01. The van der Waals surface area contributed by atoms with Gasteiger partial charge in [-0.05, 0) is 11.8 Å². The van der Waals surface area contributed by atoms with E-state index in [1.54, 1.807) is 6.20 Å². The zero-order valence-corrected chi connectivity index (χ0v) is 32.7. The number of nitrogens with zero attached hydrogens (tertiary/aromatic N) is 4. The van der Waals surface area contributed by atoms with Crippen LogP contribution in [-0.2, 0) is 20.1 Å². The molecular formula is C43H34GeIrN4O-2. The maximum Gasteiger partial charge on any atom is 0.0160 e. The Morgan fingerprint density at radius 3 is 2.24 bits per heavy atom. The van der Waals surface area contributed by atoms with Crippen molar-refractivity contribution in [2.24, 2.45) is 0 Å². The molecule has 5 aromatic carbocycles. The molecule has 0 aliphatic rings. The van der Waals surface area contributed by atoms with Gasteiger partial charge in [0.15, 0.2) is 0 Å². The van der Waals surface area contributed by atoms with E-state index < -0.39 is 13.3 Å². The van der Waals surface area contributed by atoms with Gasteiger partial charge in [0, 0.05) is 26.3 Å². The van der Waals surface area contributed by atoms with Crippen LogP contribution in [0.4, 0.5) is 0 Å². The Morgan fingerprint density at radius 2 is 1.48 bits per heavy atom. The molecule has 0 aliphatic heterocycles. The van der Waals surface area contributed by atoms with E-state index in [9.17, 15) is 0 Å². The van der Waals surface area contributed by atoms with Gasteiger partial charge in [0.1, 0.15) is 0 Å². The van der Waals surface area contributed by atoms with Gasteiger partial charge in [-0.3, -0.25) is 0 Å². The minimum Gasteiger partial charge on any atom is -0.305 e. The fourth-order valence-electron chi connectivity index (χ4n) is 6.37. The molecule has 0 atom stereocenters. The van der Waals surface area contributed by atoms with Gasteiger partial charge in [0.25, 0.3) is 0 Å². The molecule has 7 heteroatoms. The molecule has 0 bridgehead atoms. The summed E-state index contributed by atoms with van der Waals surface area (Å²) in [6.45, 7) is 2.03. The zero-order chi connectivity index (χ0) is 33.5. The number of benzene rings is 5. The summed E-state index contributed by atoms with van der Waals surface area (Å²) in [5.74, 6) is 8.03. The van der Waals surface area contributed by atoms with E-state index in [0.717, 1.165) is 77.9 Å². The molecule has 9 rings (SSSR count). The number of hydrogen-bond acceptors (Lipinski definition) is 4. The molecule has 0 saturated heterocycles. The molecule has 5 nitrogen and oxygen atoms in total. The van der Waals surface area contributed by atoms with Gasteiger partial charge in [0.2, 0.25) is 0 Å². The first kappa shape index (κ1) is 33.6. The minimum absolute atomic E-state index is 0. The van der Waals surface area contributed by atoms with Crippen LogP contribution in [0.5, 0.6) is 0 Å². The van der Waals surface area contributed by atoms with Crippen molar-refractivity contribution in [3.8, 4) is 28.3 Å². The predicted octanol–water partition coefficient (Wildman–Crippen LogP) is 10.3. The topological polar surface area (TPSA) is 56.7 Å². The van der Waals surface area contributed by atoms with Crippen molar-refractivity contribution in [2.45, 2.75) is 24.2 Å². The Kier molecular flexibility index (Phi) is 9.27. The van der Waals surface area contributed by atoms with E-state index in [0.29, 0.717) is 0 Å². The van der Waals surface area contributed by atoms with Crippen LogP contribution >= 0.6 is 0 Å². The number of aryl methyl sites for hydroxylation is 1. The van der Waals surface area contributed by atoms with Crippen LogP contribution in [0.1, 0.15) is 5.69 Å². The number of aromatic nitrogens is 4. The molecule has 0 aliphatic carbocycles. The van der Waals surface area contributed by atoms with Crippen molar-refractivity contribution < 1.29 is 24.5 Å². The molecule has 4 aromatic heterocycles. The van der Waals surface area contributed by atoms with E-state index in [4.69, 9.17) is 14.4 Å². The maximum absolute atomic E-state index is 6.61. The fraction of sp³-hybridized carbons (Fsp3) is 0.0930. The molecule has 50 heavy (non-hydrogen) atoms. The van der Waals surface area contributed by atoms with Crippen LogP contribution in [0.15, 0.2) is 138 Å². The Hall–Kier alpha value is -4.88. The van der Waals surface area contributed by atoms with Crippen LogP contribution in [0.25, 0.3) is 72.2 Å². The van der Waals surface area contributed by atoms with Crippen molar-refractivity contribution >= 4 is 61.5 Å². The van der Waals surface area contributed by atoms with Crippen molar-refractivity contribution in [2.75, 3.05) is 0 Å². The molecule has 0 amide bonds. The maximum atomic E-state index is 6.61. The average Bonchev–Trinajstić information content (AvgIpc) is 3.73. The summed E-state index contributed by atoms with van der Waals surface area (Å²) in [5.41, 5.74) is 9.46. The van der Waals surface area contributed by atoms with E-state index in [1.165, 1.54) is 4.40 Å². The standard InChI is InChI=1S/C32H26GeN3O.C11H8N.Ir/c1-20-29-30(25-13-8-9-16-27(25)34-20)36(22-11-6-5-7-12-22)32(35-29)26-15-10-14-24-23-18-17-21(33(2,3)4)19-28(23)37-31(24)26;1-2-6-10(7-3-1)11-8-4-5-9-12-11;/h5-14,16-19H,1-4H3;1-6,8-9H;/q2*-1;. The Bertz CT molecular complexity index is 2560. The van der Waals surface area contributed by atoms with Gasteiger partial charge in [-0.1, -0.05) is 18.2 Å². The number of furan rings is 1. The third-order valence-corrected chi connectivity index (χ3v) is 13.1. The van der Waals surface area contributed by atoms with E-state index in [2.05, 4.69) is 106 Å². The quantitative estimate of drug-likeness (QED) is 0.131.